The van der Waals surface area contributed by atoms with Crippen LogP contribution in [0.1, 0.15) is 51.1 Å². The molecule has 0 aromatic heterocycles. The SMILES string of the molecule is C=CCCCCCOc1ccc(C(C)NCC)cc1Cl. The highest BCUT2D eigenvalue weighted by Crippen LogP contribution is 2.28. The average Bonchev–Trinajstić information content (AvgIpc) is 2.44. The summed E-state index contributed by atoms with van der Waals surface area (Å²) in [6.07, 6.45) is 6.44. The molecule has 1 aromatic carbocycles. The van der Waals surface area contributed by atoms with Gasteiger partial charge in [-0.25, -0.2) is 0 Å². The van der Waals surface area contributed by atoms with Gasteiger partial charge in [-0.15, -0.1) is 6.58 Å². The number of hydrogen-bond donors (Lipinski definition) is 1. The van der Waals surface area contributed by atoms with Gasteiger partial charge in [0.2, 0.25) is 0 Å². The van der Waals surface area contributed by atoms with E-state index in [-0.39, 0.29) is 0 Å². The summed E-state index contributed by atoms with van der Waals surface area (Å²) in [6.45, 7) is 9.62. The lowest BCUT2D eigenvalue weighted by Gasteiger charge is -2.15. The first-order valence-corrected chi connectivity index (χ1v) is 7.83. The fraction of sp³-hybridized carbons (Fsp3) is 0.529. The molecule has 1 unspecified atom stereocenters. The van der Waals surface area contributed by atoms with E-state index in [1.54, 1.807) is 0 Å². The molecule has 0 saturated heterocycles. The van der Waals surface area contributed by atoms with Gasteiger partial charge in [0, 0.05) is 6.04 Å². The second kappa shape index (κ2) is 9.84. The molecule has 0 aliphatic carbocycles. The minimum Gasteiger partial charge on any atom is -0.492 e. The Hall–Kier alpha value is -0.990. The Morgan fingerprint density at radius 1 is 1.35 bits per heavy atom. The number of halogens is 1. The number of allylic oxidation sites excluding steroid dienone is 1. The van der Waals surface area contributed by atoms with Gasteiger partial charge in [0.1, 0.15) is 5.75 Å². The van der Waals surface area contributed by atoms with Crippen LogP contribution in [0.2, 0.25) is 5.02 Å². The highest BCUT2D eigenvalue weighted by atomic mass is 35.5. The van der Waals surface area contributed by atoms with E-state index in [4.69, 9.17) is 16.3 Å². The van der Waals surface area contributed by atoms with Gasteiger partial charge in [0.25, 0.3) is 0 Å². The largest absolute Gasteiger partial charge is 0.492 e. The van der Waals surface area contributed by atoms with Crippen molar-refractivity contribution < 1.29 is 4.74 Å². The summed E-state index contributed by atoms with van der Waals surface area (Å²) in [5, 5.41) is 4.07. The fourth-order valence-electron chi connectivity index (χ4n) is 2.08. The molecule has 0 amide bonds. The summed E-state index contributed by atoms with van der Waals surface area (Å²) < 4.78 is 5.73. The maximum atomic E-state index is 6.27. The third kappa shape index (κ3) is 5.98. The lowest BCUT2D eigenvalue weighted by atomic mass is 10.1. The van der Waals surface area contributed by atoms with Gasteiger partial charge in [0.15, 0.2) is 0 Å². The molecule has 0 heterocycles. The Morgan fingerprint density at radius 3 is 2.80 bits per heavy atom. The molecule has 0 aliphatic rings. The fourth-order valence-corrected chi connectivity index (χ4v) is 2.32. The Bertz CT molecular complexity index is 406. The normalized spacial score (nSPS) is 12.2. The van der Waals surface area contributed by atoms with E-state index in [2.05, 4.69) is 31.8 Å². The minimum atomic E-state index is 0.311. The molecule has 2 nitrogen and oxygen atoms in total. The molecular weight excluding hydrogens is 270 g/mol. The van der Waals surface area contributed by atoms with Gasteiger partial charge in [-0.2, -0.15) is 0 Å². The van der Waals surface area contributed by atoms with Crippen LogP contribution in [-0.2, 0) is 0 Å². The van der Waals surface area contributed by atoms with Crippen LogP contribution >= 0.6 is 11.6 Å². The molecule has 0 saturated carbocycles. The number of hydrogen-bond acceptors (Lipinski definition) is 2. The molecule has 20 heavy (non-hydrogen) atoms. The van der Waals surface area contributed by atoms with Crippen LogP contribution in [0.5, 0.6) is 5.75 Å². The van der Waals surface area contributed by atoms with Crippen molar-refractivity contribution >= 4 is 11.6 Å². The van der Waals surface area contributed by atoms with Gasteiger partial charge >= 0.3 is 0 Å². The first-order valence-electron chi connectivity index (χ1n) is 7.45. The lowest BCUT2D eigenvalue weighted by molar-refractivity contribution is 0.305. The Kier molecular flexibility index (Phi) is 8.40. The highest BCUT2D eigenvalue weighted by molar-refractivity contribution is 6.32. The third-order valence-electron chi connectivity index (χ3n) is 3.28. The molecule has 112 valence electrons. The standard InChI is InChI=1S/C17H26ClNO/c1-4-6-7-8-9-12-20-17-11-10-15(13-16(17)18)14(3)19-5-2/h4,10-11,13-14,19H,1,5-9,12H2,2-3H3. The molecule has 1 rings (SSSR count). The van der Waals surface area contributed by atoms with Crippen molar-refractivity contribution in [3.63, 3.8) is 0 Å². The number of nitrogens with one attached hydrogen (secondary N) is 1. The highest BCUT2D eigenvalue weighted by Gasteiger charge is 2.07. The van der Waals surface area contributed by atoms with E-state index < -0.39 is 0 Å². The molecule has 1 atom stereocenters. The molecular formula is C17H26ClNO. The Balaban J connectivity index is 2.41. The number of benzene rings is 1. The smallest absolute Gasteiger partial charge is 0.137 e. The van der Waals surface area contributed by atoms with Gasteiger partial charge in [-0.3, -0.25) is 0 Å². The molecule has 0 aliphatic heterocycles. The first kappa shape index (κ1) is 17.1. The summed E-state index contributed by atoms with van der Waals surface area (Å²) in [4.78, 5) is 0. The first-order chi connectivity index (χ1) is 9.69. The second-order valence-electron chi connectivity index (χ2n) is 4.96. The zero-order valence-electron chi connectivity index (χ0n) is 12.6. The Labute approximate surface area is 128 Å². The molecule has 1 aromatic rings. The van der Waals surface area contributed by atoms with E-state index in [0.29, 0.717) is 11.1 Å². The van der Waals surface area contributed by atoms with E-state index >= 15 is 0 Å². The number of rotatable bonds is 10. The molecule has 3 heteroatoms. The summed E-state index contributed by atoms with van der Waals surface area (Å²) >= 11 is 6.27. The molecule has 1 N–H and O–H groups in total. The molecule has 0 bridgehead atoms. The number of ether oxygens (including phenoxy) is 1. The van der Waals surface area contributed by atoms with Crippen LogP contribution in [0.15, 0.2) is 30.9 Å². The maximum absolute atomic E-state index is 6.27. The summed E-state index contributed by atoms with van der Waals surface area (Å²) in [5.41, 5.74) is 1.19. The zero-order chi connectivity index (χ0) is 14.8. The van der Waals surface area contributed by atoms with Gasteiger partial charge in [-0.05, 0) is 56.8 Å². The van der Waals surface area contributed by atoms with Crippen molar-refractivity contribution in [1.82, 2.24) is 5.32 Å². The van der Waals surface area contributed by atoms with Crippen molar-refractivity contribution in [2.45, 2.75) is 45.6 Å². The quantitative estimate of drug-likeness (QED) is 0.477. The van der Waals surface area contributed by atoms with Crippen molar-refractivity contribution in [1.29, 1.82) is 0 Å². The molecule has 0 fully saturated rings. The van der Waals surface area contributed by atoms with Crippen molar-refractivity contribution in [2.24, 2.45) is 0 Å². The van der Waals surface area contributed by atoms with E-state index in [1.807, 2.05) is 18.2 Å². The van der Waals surface area contributed by atoms with E-state index in [9.17, 15) is 0 Å². The lowest BCUT2D eigenvalue weighted by Crippen LogP contribution is -2.17. The van der Waals surface area contributed by atoms with Gasteiger partial charge in [0.05, 0.1) is 11.6 Å². The van der Waals surface area contributed by atoms with Crippen molar-refractivity contribution in [2.75, 3.05) is 13.2 Å². The monoisotopic (exact) mass is 295 g/mol. The van der Waals surface area contributed by atoms with Crippen LogP contribution in [0.25, 0.3) is 0 Å². The third-order valence-corrected chi connectivity index (χ3v) is 3.57. The van der Waals surface area contributed by atoms with E-state index in [1.165, 1.54) is 18.4 Å². The Morgan fingerprint density at radius 2 is 2.15 bits per heavy atom. The van der Waals surface area contributed by atoms with Crippen LogP contribution < -0.4 is 10.1 Å². The average molecular weight is 296 g/mol. The van der Waals surface area contributed by atoms with Crippen molar-refractivity contribution in [3.05, 3.63) is 41.4 Å². The van der Waals surface area contributed by atoms with E-state index in [0.717, 1.165) is 31.7 Å². The van der Waals surface area contributed by atoms with Gasteiger partial charge < -0.3 is 10.1 Å². The molecule has 0 spiro atoms. The summed E-state index contributed by atoms with van der Waals surface area (Å²) in [5.74, 6) is 0.780. The number of unbranched alkanes of at least 4 members (excludes halogenated alkanes) is 3. The van der Waals surface area contributed by atoms with Crippen LogP contribution in [0, 0.1) is 0 Å². The maximum Gasteiger partial charge on any atom is 0.137 e. The predicted molar refractivity (Wildman–Crippen MR) is 87.7 cm³/mol. The minimum absolute atomic E-state index is 0.311. The van der Waals surface area contributed by atoms with Crippen LogP contribution in [-0.4, -0.2) is 13.2 Å². The second-order valence-corrected chi connectivity index (χ2v) is 5.36. The zero-order valence-corrected chi connectivity index (χ0v) is 13.4. The van der Waals surface area contributed by atoms with Crippen molar-refractivity contribution in [3.8, 4) is 5.75 Å². The molecule has 0 radical (unpaired) electrons. The van der Waals surface area contributed by atoms with Crippen LogP contribution in [0.4, 0.5) is 0 Å². The predicted octanol–water partition coefficient (Wildman–Crippen LogP) is 5.14. The topological polar surface area (TPSA) is 21.3 Å². The summed E-state index contributed by atoms with van der Waals surface area (Å²) in [6, 6.07) is 6.34. The summed E-state index contributed by atoms with van der Waals surface area (Å²) in [7, 11) is 0. The van der Waals surface area contributed by atoms with Gasteiger partial charge in [-0.1, -0.05) is 30.7 Å². The van der Waals surface area contributed by atoms with Crippen LogP contribution in [0.3, 0.4) is 0 Å².